The zero-order chi connectivity index (χ0) is 14.5. The van der Waals surface area contributed by atoms with Gasteiger partial charge in [-0.25, -0.2) is 9.18 Å². The topological polar surface area (TPSA) is 46.5 Å². The molecule has 0 saturated heterocycles. The minimum Gasteiger partial charge on any atom is -0.478 e. The summed E-state index contributed by atoms with van der Waals surface area (Å²) in [6, 6.07) is 11.7. The molecule has 2 aromatic rings. The lowest BCUT2D eigenvalue weighted by molar-refractivity contribution is -0.131. The third-order valence-corrected chi connectivity index (χ3v) is 2.68. The predicted molar refractivity (Wildman–Crippen MR) is 74.3 cm³/mol. The Morgan fingerprint density at radius 2 is 1.90 bits per heavy atom. The molecule has 0 aliphatic heterocycles. The van der Waals surface area contributed by atoms with Crippen LogP contribution in [-0.2, 0) is 4.79 Å². The number of benzene rings is 2. The predicted octanol–water partition coefficient (Wildman–Crippen LogP) is 4.02. The van der Waals surface area contributed by atoms with Gasteiger partial charge in [0.1, 0.15) is 5.75 Å². The van der Waals surface area contributed by atoms with Crippen molar-refractivity contribution in [2.45, 2.75) is 6.92 Å². The highest BCUT2D eigenvalue weighted by Gasteiger charge is 2.06. The lowest BCUT2D eigenvalue weighted by Gasteiger charge is -2.08. The molecule has 20 heavy (non-hydrogen) atoms. The monoisotopic (exact) mass is 272 g/mol. The second kappa shape index (κ2) is 6.02. The molecule has 0 unspecified atom stereocenters. The zero-order valence-corrected chi connectivity index (χ0v) is 10.8. The van der Waals surface area contributed by atoms with E-state index in [2.05, 4.69) is 0 Å². The number of aliphatic carboxylic acids is 1. The fourth-order valence-electron chi connectivity index (χ4n) is 1.64. The van der Waals surface area contributed by atoms with E-state index in [0.29, 0.717) is 11.3 Å². The molecular weight excluding hydrogens is 259 g/mol. The number of hydrogen-bond acceptors (Lipinski definition) is 2. The smallest absolute Gasteiger partial charge is 0.328 e. The van der Waals surface area contributed by atoms with Crippen LogP contribution < -0.4 is 4.74 Å². The number of halogens is 1. The van der Waals surface area contributed by atoms with E-state index in [-0.39, 0.29) is 11.6 Å². The minimum atomic E-state index is -1.01. The van der Waals surface area contributed by atoms with Crippen LogP contribution in [0.25, 0.3) is 6.08 Å². The number of carbonyl (C=O) groups is 1. The molecule has 0 amide bonds. The fourth-order valence-corrected chi connectivity index (χ4v) is 1.64. The Bertz CT molecular complexity index is 645. The first-order valence-corrected chi connectivity index (χ1v) is 6.00. The molecule has 0 radical (unpaired) electrons. The van der Waals surface area contributed by atoms with Gasteiger partial charge < -0.3 is 9.84 Å². The number of carboxylic acid groups (broad SMARTS) is 1. The van der Waals surface area contributed by atoms with E-state index >= 15 is 0 Å². The van der Waals surface area contributed by atoms with Crippen molar-refractivity contribution in [3.63, 3.8) is 0 Å². The van der Waals surface area contributed by atoms with Gasteiger partial charge >= 0.3 is 5.97 Å². The molecule has 0 fully saturated rings. The van der Waals surface area contributed by atoms with Crippen LogP contribution >= 0.6 is 0 Å². The van der Waals surface area contributed by atoms with E-state index < -0.39 is 5.97 Å². The molecule has 0 heterocycles. The Balaban J connectivity index is 2.15. The molecule has 2 rings (SSSR count). The first-order chi connectivity index (χ1) is 9.56. The lowest BCUT2D eigenvalue weighted by Crippen LogP contribution is -1.90. The number of aryl methyl sites for hydroxylation is 1. The summed E-state index contributed by atoms with van der Waals surface area (Å²) in [7, 11) is 0. The van der Waals surface area contributed by atoms with Crippen molar-refractivity contribution in [2.75, 3.05) is 0 Å². The van der Waals surface area contributed by atoms with Crippen LogP contribution in [-0.4, -0.2) is 11.1 Å². The van der Waals surface area contributed by atoms with Crippen LogP contribution in [0.15, 0.2) is 48.5 Å². The summed E-state index contributed by atoms with van der Waals surface area (Å²) in [5.74, 6) is -0.740. The van der Waals surface area contributed by atoms with E-state index in [4.69, 9.17) is 9.84 Å². The van der Waals surface area contributed by atoms with Crippen LogP contribution in [0.2, 0.25) is 0 Å². The second-order valence-electron chi connectivity index (χ2n) is 4.23. The summed E-state index contributed by atoms with van der Waals surface area (Å²) >= 11 is 0. The third kappa shape index (κ3) is 3.45. The highest BCUT2D eigenvalue weighted by atomic mass is 19.1. The first-order valence-electron chi connectivity index (χ1n) is 6.00. The molecule has 0 saturated carbocycles. The average Bonchev–Trinajstić information content (AvgIpc) is 2.43. The van der Waals surface area contributed by atoms with Crippen LogP contribution in [0.1, 0.15) is 11.1 Å². The van der Waals surface area contributed by atoms with Gasteiger partial charge in [-0.15, -0.1) is 0 Å². The van der Waals surface area contributed by atoms with Crippen LogP contribution in [0.5, 0.6) is 11.5 Å². The van der Waals surface area contributed by atoms with E-state index in [0.717, 1.165) is 11.6 Å². The fraction of sp³-hybridized carbons (Fsp3) is 0.0625. The van der Waals surface area contributed by atoms with Crippen molar-refractivity contribution in [3.8, 4) is 11.5 Å². The Hall–Kier alpha value is -2.62. The maximum Gasteiger partial charge on any atom is 0.328 e. The van der Waals surface area contributed by atoms with E-state index in [1.807, 2.05) is 0 Å². The Labute approximate surface area is 115 Å². The Morgan fingerprint density at radius 3 is 2.55 bits per heavy atom. The molecule has 4 heteroatoms. The van der Waals surface area contributed by atoms with Crippen LogP contribution in [0, 0.1) is 12.7 Å². The molecule has 2 aromatic carbocycles. The third-order valence-electron chi connectivity index (χ3n) is 2.68. The lowest BCUT2D eigenvalue weighted by atomic mass is 10.2. The molecule has 3 nitrogen and oxygen atoms in total. The van der Waals surface area contributed by atoms with Crippen molar-refractivity contribution < 1.29 is 19.0 Å². The maximum atomic E-state index is 13.8. The van der Waals surface area contributed by atoms with Gasteiger partial charge in [-0.2, -0.15) is 0 Å². The number of hydrogen-bond donors (Lipinski definition) is 1. The van der Waals surface area contributed by atoms with Gasteiger partial charge in [0, 0.05) is 6.08 Å². The second-order valence-corrected chi connectivity index (χ2v) is 4.23. The summed E-state index contributed by atoms with van der Waals surface area (Å²) in [6.45, 7) is 1.67. The van der Waals surface area contributed by atoms with Crippen molar-refractivity contribution in [2.24, 2.45) is 0 Å². The molecule has 0 aromatic heterocycles. The summed E-state index contributed by atoms with van der Waals surface area (Å²) in [5, 5.41) is 8.53. The highest BCUT2D eigenvalue weighted by Crippen LogP contribution is 2.26. The summed E-state index contributed by atoms with van der Waals surface area (Å²) < 4.78 is 19.2. The number of rotatable bonds is 4. The first kappa shape index (κ1) is 13.8. The van der Waals surface area contributed by atoms with E-state index in [9.17, 15) is 9.18 Å². The SMILES string of the molecule is Cc1cccc(Oc2ccc(/C=C/C(=O)O)cc2)c1F. The van der Waals surface area contributed by atoms with Gasteiger partial charge in [-0.1, -0.05) is 24.3 Å². The normalized spacial score (nSPS) is 10.7. The molecule has 0 aliphatic carbocycles. The summed E-state index contributed by atoms with van der Waals surface area (Å²) in [5.41, 5.74) is 1.24. The number of ether oxygens (including phenoxy) is 1. The van der Waals surface area contributed by atoms with Crippen LogP contribution in [0.3, 0.4) is 0 Å². The average molecular weight is 272 g/mol. The highest BCUT2D eigenvalue weighted by molar-refractivity contribution is 5.85. The van der Waals surface area contributed by atoms with Crippen molar-refractivity contribution >= 4 is 12.0 Å². The van der Waals surface area contributed by atoms with Gasteiger partial charge in [0.25, 0.3) is 0 Å². The van der Waals surface area contributed by atoms with Gasteiger partial charge in [0.15, 0.2) is 11.6 Å². The molecule has 0 spiro atoms. The molecule has 102 valence electrons. The molecule has 0 bridgehead atoms. The molecule has 0 aliphatic rings. The maximum absolute atomic E-state index is 13.8. The minimum absolute atomic E-state index is 0.166. The Kier molecular flexibility index (Phi) is 4.15. The number of carboxylic acids is 1. The van der Waals surface area contributed by atoms with Crippen molar-refractivity contribution in [1.29, 1.82) is 0 Å². The van der Waals surface area contributed by atoms with E-state index in [1.165, 1.54) is 6.08 Å². The van der Waals surface area contributed by atoms with Crippen LogP contribution in [0.4, 0.5) is 4.39 Å². The summed E-state index contributed by atoms with van der Waals surface area (Å²) in [6.07, 6.45) is 2.52. The van der Waals surface area contributed by atoms with Gasteiger partial charge in [-0.3, -0.25) is 0 Å². The van der Waals surface area contributed by atoms with E-state index in [1.54, 1.807) is 49.4 Å². The van der Waals surface area contributed by atoms with Gasteiger partial charge in [0.2, 0.25) is 0 Å². The Morgan fingerprint density at radius 1 is 1.20 bits per heavy atom. The van der Waals surface area contributed by atoms with Gasteiger partial charge in [0.05, 0.1) is 0 Å². The standard InChI is InChI=1S/C16H13FO3/c1-11-3-2-4-14(16(11)17)20-13-8-5-12(6-9-13)7-10-15(18)19/h2-10H,1H3,(H,18,19)/b10-7+. The largest absolute Gasteiger partial charge is 0.478 e. The molecule has 0 atom stereocenters. The van der Waals surface area contributed by atoms with Crippen molar-refractivity contribution in [3.05, 3.63) is 65.5 Å². The summed E-state index contributed by atoms with van der Waals surface area (Å²) in [4.78, 5) is 10.4. The zero-order valence-electron chi connectivity index (χ0n) is 10.8. The molecular formula is C16H13FO3. The quantitative estimate of drug-likeness (QED) is 0.855. The van der Waals surface area contributed by atoms with Crippen molar-refractivity contribution in [1.82, 2.24) is 0 Å². The molecule has 1 N–H and O–H groups in total. The van der Waals surface area contributed by atoms with Gasteiger partial charge in [-0.05, 0) is 42.3 Å².